The second-order valence-corrected chi connectivity index (χ2v) is 5.57. The summed E-state index contributed by atoms with van der Waals surface area (Å²) < 4.78 is 30.3. The summed E-state index contributed by atoms with van der Waals surface area (Å²) in [4.78, 5) is 0. The molecular formula is C9H18N2O3S. The van der Waals surface area contributed by atoms with Crippen molar-refractivity contribution in [2.45, 2.75) is 12.5 Å². The molecule has 1 rings (SSSR count). The number of nitrogens with two attached hydrogens (primary N) is 1. The molecule has 0 aromatic rings. The summed E-state index contributed by atoms with van der Waals surface area (Å²) in [5.41, 5.74) is 5.45. The first kappa shape index (κ1) is 12.6. The van der Waals surface area contributed by atoms with Gasteiger partial charge in [0, 0.05) is 19.6 Å². The molecule has 0 bridgehead atoms. The van der Waals surface area contributed by atoms with E-state index in [1.807, 2.05) is 0 Å². The van der Waals surface area contributed by atoms with Crippen LogP contribution >= 0.6 is 0 Å². The fraction of sp³-hybridized carbons (Fsp3) is 0.778. The number of nitrogens with zero attached hydrogens (tertiary/aromatic N) is 1. The fourth-order valence-corrected chi connectivity index (χ4v) is 2.92. The highest BCUT2D eigenvalue weighted by Gasteiger charge is 2.27. The molecule has 0 saturated carbocycles. The van der Waals surface area contributed by atoms with Crippen LogP contribution in [0.5, 0.6) is 0 Å². The van der Waals surface area contributed by atoms with Crippen LogP contribution in [0, 0.1) is 0 Å². The Kier molecular flexibility index (Phi) is 4.72. The summed E-state index contributed by atoms with van der Waals surface area (Å²) in [6, 6.07) is 0. The summed E-state index contributed by atoms with van der Waals surface area (Å²) >= 11 is 0. The lowest BCUT2D eigenvalue weighted by molar-refractivity contribution is 0.00453. The van der Waals surface area contributed by atoms with Crippen LogP contribution < -0.4 is 5.73 Å². The number of allylic oxidation sites excluding steroid dienone is 1. The van der Waals surface area contributed by atoms with Gasteiger partial charge in [-0.2, -0.15) is 4.31 Å². The molecule has 1 atom stereocenters. The Morgan fingerprint density at radius 3 is 2.93 bits per heavy atom. The molecule has 1 heterocycles. The van der Waals surface area contributed by atoms with Crippen molar-refractivity contribution in [3.8, 4) is 0 Å². The Balaban J connectivity index is 2.57. The van der Waals surface area contributed by atoms with Gasteiger partial charge in [-0.1, -0.05) is 6.08 Å². The van der Waals surface area contributed by atoms with Crippen molar-refractivity contribution in [2.75, 3.05) is 32.0 Å². The van der Waals surface area contributed by atoms with Crippen LogP contribution in [0.3, 0.4) is 0 Å². The molecule has 1 saturated heterocycles. The van der Waals surface area contributed by atoms with Crippen molar-refractivity contribution in [1.29, 1.82) is 0 Å². The van der Waals surface area contributed by atoms with Crippen LogP contribution in [0.1, 0.15) is 6.42 Å². The lowest BCUT2D eigenvalue weighted by atomic mass is 10.3. The predicted molar refractivity (Wildman–Crippen MR) is 59.0 cm³/mol. The van der Waals surface area contributed by atoms with E-state index in [1.165, 1.54) is 4.31 Å². The molecule has 6 heteroatoms. The molecule has 1 aliphatic heterocycles. The van der Waals surface area contributed by atoms with Crippen molar-refractivity contribution in [3.63, 3.8) is 0 Å². The van der Waals surface area contributed by atoms with E-state index in [4.69, 9.17) is 10.5 Å². The van der Waals surface area contributed by atoms with Gasteiger partial charge in [0.15, 0.2) is 0 Å². The summed E-state index contributed by atoms with van der Waals surface area (Å²) in [5.74, 6) is 0.119. The van der Waals surface area contributed by atoms with Gasteiger partial charge in [0.25, 0.3) is 0 Å². The number of ether oxygens (including phenoxy) is 1. The first-order valence-electron chi connectivity index (χ1n) is 5.00. The molecule has 88 valence electrons. The molecule has 0 spiro atoms. The van der Waals surface area contributed by atoms with Gasteiger partial charge >= 0.3 is 0 Å². The van der Waals surface area contributed by atoms with Crippen molar-refractivity contribution < 1.29 is 13.2 Å². The lowest BCUT2D eigenvalue weighted by Crippen LogP contribution is -2.48. The van der Waals surface area contributed by atoms with Crippen LogP contribution in [-0.4, -0.2) is 50.8 Å². The zero-order valence-corrected chi connectivity index (χ0v) is 9.58. The topological polar surface area (TPSA) is 72.6 Å². The van der Waals surface area contributed by atoms with Crippen molar-refractivity contribution in [2.24, 2.45) is 5.73 Å². The highest BCUT2D eigenvalue weighted by molar-refractivity contribution is 7.89. The molecule has 2 N–H and O–H groups in total. The number of morpholine rings is 1. The van der Waals surface area contributed by atoms with Gasteiger partial charge in [0.2, 0.25) is 10.0 Å². The van der Waals surface area contributed by atoms with Crippen LogP contribution in [0.15, 0.2) is 12.7 Å². The molecule has 1 fully saturated rings. The highest BCUT2D eigenvalue weighted by atomic mass is 32.2. The van der Waals surface area contributed by atoms with E-state index in [1.54, 1.807) is 6.08 Å². The molecule has 0 amide bonds. The number of hydrogen-bond donors (Lipinski definition) is 1. The van der Waals surface area contributed by atoms with E-state index in [-0.39, 0.29) is 11.9 Å². The van der Waals surface area contributed by atoms with Crippen molar-refractivity contribution in [1.82, 2.24) is 4.31 Å². The van der Waals surface area contributed by atoms with E-state index >= 15 is 0 Å². The zero-order chi connectivity index (χ0) is 11.3. The van der Waals surface area contributed by atoms with Crippen LogP contribution in [0.25, 0.3) is 0 Å². The van der Waals surface area contributed by atoms with E-state index in [0.29, 0.717) is 32.7 Å². The molecule has 1 unspecified atom stereocenters. The average Bonchev–Trinajstić information content (AvgIpc) is 2.26. The Hall–Kier alpha value is -0.430. The second kappa shape index (κ2) is 5.60. The van der Waals surface area contributed by atoms with Gasteiger partial charge in [-0.05, 0) is 6.42 Å². The van der Waals surface area contributed by atoms with E-state index in [0.717, 1.165) is 0 Å². The highest BCUT2D eigenvalue weighted by Crippen LogP contribution is 2.10. The standard InChI is InChI=1S/C9H18N2O3S/c1-2-3-6-15(12,13)11-4-5-14-9(7-10)8-11/h2,9H,1,3-8,10H2. The molecule has 0 aromatic carbocycles. The quantitative estimate of drug-likeness (QED) is 0.654. The maximum absolute atomic E-state index is 11.8. The molecule has 0 radical (unpaired) electrons. The normalized spacial score (nSPS) is 23.9. The molecule has 0 aliphatic carbocycles. The third-order valence-corrected chi connectivity index (χ3v) is 4.21. The third-order valence-electron chi connectivity index (χ3n) is 2.34. The summed E-state index contributed by atoms with van der Waals surface area (Å²) in [6.07, 6.45) is 1.92. The van der Waals surface area contributed by atoms with Crippen LogP contribution in [0.2, 0.25) is 0 Å². The van der Waals surface area contributed by atoms with E-state index < -0.39 is 10.0 Å². The van der Waals surface area contributed by atoms with E-state index in [9.17, 15) is 8.42 Å². The first-order chi connectivity index (χ1) is 7.10. The molecule has 5 nitrogen and oxygen atoms in total. The smallest absolute Gasteiger partial charge is 0.214 e. The van der Waals surface area contributed by atoms with E-state index in [2.05, 4.69) is 6.58 Å². The zero-order valence-electron chi connectivity index (χ0n) is 8.76. The first-order valence-corrected chi connectivity index (χ1v) is 6.61. The number of hydrogen-bond acceptors (Lipinski definition) is 4. The fourth-order valence-electron chi connectivity index (χ4n) is 1.45. The minimum absolute atomic E-state index is 0.119. The minimum Gasteiger partial charge on any atom is -0.374 e. The second-order valence-electron chi connectivity index (χ2n) is 3.48. The Labute approximate surface area is 90.9 Å². The van der Waals surface area contributed by atoms with Gasteiger partial charge in [0.1, 0.15) is 0 Å². The monoisotopic (exact) mass is 234 g/mol. The van der Waals surface area contributed by atoms with Crippen LogP contribution in [-0.2, 0) is 14.8 Å². The molecule has 15 heavy (non-hydrogen) atoms. The summed E-state index contributed by atoms with van der Waals surface area (Å²) in [7, 11) is -3.16. The molecular weight excluding hydrogens is 216 g/mol. The van der Waals surface area contributed by atoms with Gasteiger partial charge in [0.05, 0.1) is 18.5 Å². The van der Waals surface area contributed by atoms with Crippen molar-refractivity contribution >= 4 is 10.0 Å². The Bertz CT molecular complexity index is 302. The van der Waals surface area contributed by atoms with Gasteiger partial charge < -0.3 is 10.5 Å². The van der Waals surface area contributed by atoms with Gasteiger partial charge in [-0.25, -0.2) is 8.42 Å². The summed E-state index contributed by atoms with van der Waals surface area (Å²) in [6.45, 7) is 5.09. The maximum Gasteiger partial charge on any atom is 0.214 e. The van der Waals surface area contributed by atoms with Gasteiger partial charge in [-0.3, -0.25) is 0 Å². The molecule has 0 aromatic heterocycles. The van der Waals surface area contributed by atoms with Crippen molar-refractivity contribution in [3.05, 3.63) is 12.7 Å². The average molecular weight is 234 g/mol. The molecule has 1 aliphatic rings. The number of sulfonamides is 1. The van der Waals surface area contributed by atoms with Crippen LogP contribution in [0.4, 0.5) is 0 Å². The Morgan fingerprint density at radius 1 is 1.60 bits per heavy atom. The number of rotatable bonds is 5. The van der Waals surface area contributed by atoms with Gasteiger partial charge in [-0.15, -0.1) is 6.58 Å². The summed E-state index contributed by atoms with van der Waals surface area (Å²) in [5, 5.41) is 0. The Morgan fingerprint density at radius 2 is 2.33 bits per heavy atom. The third kappa shape index (κ3) is 3.57. The lowest BCUT2D eigenvalue weighted by Gasteiger charge is -2.31. The minimum atomic E-state index is -3.16. The maximum atomic E-state index is 11.8. The predicted octanol–water partition coefficient (Wildman–Crippen LogP) is -0.448. The largest absolute Gasteiger partial charge is 0.374 e. The SMILES string of the molecule is C=CCCS(=O)(=O)N1CCOC(CN)C1.